The summed E-state index contributed by atoms with van der Waals surface area (Å²) in [6.07, 6.45) is 2.85. The van der Waals surface area contributed by atoms with E-state index in [1.807, 2.05) is 6.92 Å². The zero-order chi connectivity index (χ0) is 28.5. The molecule has 12 N–H and O–H groups in total. The van der Waals surface area contributed by atoms with Gasteiger partial charge in [0.1, 0.15) is 18.1 Å². The number of thioether (sulfide) groups is 1. The van der Waals surface area contributed by atoms with E-state index in [1.54, 1.807) is 13.2 Å². The number of carbonyl (C=O) groups excluding carboxylic acids is 4. The second kappa shape index (κ2) is 18.2. The first-order valence-corrected chi connectivity index (χ1v) is 13.4. The number of aliphatic imine (C=N–C) groups is 1. The Morgan fingerprint density at radius 2 is 1.54 bits per heavy atom. The second-order valence-corrected chi connectivity index (χ2v) is 9.66. The van der Waals surface area contributed by atoms with Crippen molar-refractivity contribution in [3.8, 4) is 0 Å². The number of carboxylic acid groups (broad SMARTS) is 1. The van der Waals surface area contributed by atoms with Crippen molar-refractivity contribution in [3.63, 3.8) is 0 Å². The molecule has 5 unspecified atom stereocenters. The molecule has 0 aromatic rings. The van der Waals surface area contributed by atoms with Gasteiger partial charge in [0.2, 0.25) is 23.6 Å². The molecule has 0 fully saturated rings. The number of primary amides is 1. The van der Waals surface area contributed by atoms with Crippen LogP contribution in [0.25, 0.3) is 0 Å². The van der Waals surface area contributed by atoms with Crippen LogP contribution in [0, 0.1) is 5.92 Å². The number of carboxylic acids is 1. The first-order valence-electron chi connectivity index (χ1n) is 12.1. The van der Waals surface area contributed by atoms with E-state index in [0.29, 0.717) is 25.1 Å². The van der Waals surface area contributed by atoms with Crippen molar-refractivity contribution in [2.24, 2.45) is 33.8 Å². The summed E-state index contributed by atoms with van der Waals surface area (Å²) in [5, 5.41) is 17.0. The van der Waals surface area contributed by atoms with E-state index < -0.39 is 53.8 Å². The monoisotopic (exact) mass is 546 g/mol. The highest BCUT2D eigenvalue weighted by Crippen LogP contribution is 2.11. The Morgan fingerprint density at radius 3 is 2.05 bits per heavy atom. The van der Waals surface area contributed by atoms with Gasteiger partial charge >= 0.3 is 5.97 Å². The number of nitrogens with zero attached hydrogens (tertiary/aromatic N) is 1. The van der Waals surface area contributed by atoms with Crippen molar-refractivity contribution in [2.45, 2.75) is 76.5 Å². The van der Waals surface area contributed by atoms with Gasteiger partial charge in [-0.05, 0) is 43.6 Å². The zero-order valence-corrected chi connectivity index (χ0v) is 22.5. The van der Waals surface area contributed by atoms with Gasteiger partial charge in [-0.25, -0.2) is 4.79 Å². The predicted octanol–water partition coefficient (Wildman–Crippen LogP) is -2.03. The molecule has 0 bridgehead atoms. The summed E-state index contributed by atoms with van der Waals surface area (Å²) in [6.45, 7) is 3.87. The molecule has 0 aliphatic heterocycles. The second-order valence-electron chi connectivity index (χ2n) is 8.67. The summed E-state index contributed by atoms with van der Waals surface area (Å²) in [4.78, 5) is 65.4. The van der Waals surface area contributed by atoms with Crippen molar-refractivity contribution in [3.05, 3.63) is 0 Å². The van der Waals surface area contributed by atoms with Crippen molar-refractivity contribution in [1.82, 2.24) is 16.0 Å². The normalized spacial score (nSPS) is 14.8. The van der Waals surface area contributed by atoms with Crippen LogP contribution in [0.2, 0.25) is 0 Å². The van der Waals surface area contributed by atoms with E-state index in [-0.39, 0.29) is 37.6 Å². The minimum atomic E-state index is -1.24. The fraction of sp³-hybridized carbons (Fsp3) is 0.727. The number of nitrogens with two attached hydrogens (primary N) is 4. The van der Waals surface area contributed by atoms with Gasteiger partial charge in [-0.3, -0.25) is 24.2 Å². The maximum atomic E-state index is 13.2. The van der Waals surface area contributed by atoms with Crippen LogP contribution < -0.4 is 38.9 Å². The third kappa shape index (κ3) is 14.3. The Labute approximate surface area is 221 Å². The van der Waals surface area contributed by atoms with Gasteiger partial charge in [0.15, 0.2) is 5.96 Å². The van der Waals surface area contributed by atoms with Crippen molar-refractivity contribution < 1.29 is 29.1 Å². The minimum absolute atomic E-state index is 0.0691. The average molecular weight is 547 g/mol. The highest BCUT2D eigenvalue weighted by atomic mass is 32.2. The number of aliphatic carboxylic acids is 1. The molecule has 0 radical (unpaired) electrons. The molecule has 0 rings (SSSR count). The SMILES string of the molecule is CCC(C)C(NC(=O)C(N)CCCN=C(N)N)C(=O)NC(CCC(N)=O)C(=O)NC(CCSC)C(=O)O. The molecule has 5 atom stereocenters. The molecule has 0 spiro atoms. The van der Waals surface area contributed by atoms with Crippen molar-refractivity contribution >= 4 is 47.3 Å². The summed E-state index contributed by atoms with van der Waals surface area (Å²) in [5.41, 5.74) is 21.7. The van der Waals surface area contributed by atoms with Gasteiger partial charge in [0.25, 0.3) is 0 Å². The van der Waals surface area contributed by atoms with Gasteiger partial charge in [-0.1, -0.05) is 20.3 Å². The van der Waals surface area contributed by atoms with E-state index in [1.165, 1.54) is 11.8 Å². The van der Waals surface area contributed by atoms with Gasteiger partial charge in [-0.15, -0.1) is 0 Å². The summed E-state index contributed by atoms with van der Waals surface area (Å²) >= 11 is 1.42. The van der Waals surface area contributed by atoms with E-state index in [4.69, 9.17) is 22.9 Å². The molecule has 14 nitrogen and oxygen atoms in total. The summed E-state index contributed by atoms with van der Waals surface area (Å²) in [5.74, 6) is -3.82. The van der Waals surface area contributed by atoms with Gasteiger partial charge in [0, 0.05) is 13.0 Å². The molecular weight excluding hydrogens is 504 g/mol. The Kier molecular flexibility index (Phi) is 16.7. The van der Waals surface area contributed by atoms with Crippen LogP contribution >= 0.6 is 11.8 Å². The van der Waals surface area contributed by atoms with Crippen LogP contribution in [0.4, 0.5) is 0 Å². The van der Waals surface area contributed by atoms with Crippen LogP contribution in [-0.2, 0) is 24.0 Å². The molecule has 0 aromatic carbocycles. The lowest BCUT2D eigenvalue weighted by Gasteiger charge is -2.28. The molecule has 15 heteroatoms. The van der Waals surface area contributed by atoms with Crippen LogP contribution in [-0.4, -0.2) is 83.4 Å². The van der Waals surface area contributed by atoms with E-state index in [2.05, 4.69) is 20.9 Å². The highest BCUT2D eigenvalue weighted by molar-refractivity contribution is 7.98. The van der Waals surface area contributed by atoms with E-state index in [9.17, 15) is 29.1 Å². The molecule has 0 saturated carbocycles. The molecule has 212 valence electrons. The Morgan fingerprint density at radius 1 is 0.919 bits per heavy atom. The molecule has 37 heavy (non-hydrogen) atoms. The van der Waals surface area contributed by atoms with Crippen LogP contribution in [0.5, 0.6) is 0 Å². The largest absolute Gasteiger partial charge is 0.480 e. The summed E-state index contributed by atoms with van der Waals surface area (Å²) < 4.78 is 0. The molecule has 0 saturated heterocycles. The fourth-order valence-electron chi connectivity index (χ4n) is 3.19. The number of hydrogen-bond acceptors (Lipinski definition) is 8. The first kappa shape index (κ1) is 33.9. The van der Waals surface area contributed by atoms with Gasteiger partial charge in [-0.2, -0.15) is 11.8 Å². The van der Waals surface area contributed by atoms with Crippen LogP contribution in [0.3, 0.4) is 0 Å². The Balaban J connectivity index is 5.49. The Bertz CT molecular complexity index is 808. The molecule has 0 aliphatic carbocycles. The number of hydrogen-bond donors (Lipinski definition) is 8. The molecule has 4 amide bonds. The number of guanidine groups is 1. The lowest BCUT2D eigenvalue weighted by atomic mass is 9.96. The molecular formula is C22H42N8O6S. The number of amides is 4. The number of rotatable bonds is 19. The van der Waals surface area contributed by atoms with Gasteiger partial charge in [0.05, 0.1) is 6.04 Å². The average Bonchev–Trinajstić information content (AvgIpc) is 2.83. The van der Waals surface area contributed by atoms with Crippen LogP contribution in [0.15, 0.2) is 4.99 Å². The number of carbonyl (C=O) groups is 5. The highest BCUT2D eigenvalue weighted by Gasteiger charge is 2.32. The maximum Gasteiger partial charge on any atom is 0.326 e. The van der Waals surface area contributed by atoms with Crippen molar-refractivity contribution in [2.75, 3.05) is 18.6 Å². The third-order valence-corrected chi connectivity index (χ3v) is 6.28. The summed E-state index contributed by atoms with van der Waals surface area (Å²) in [7, 11) is 0. The molecule has 0 aromatic heterocycles. The smallest absolute Gasteiger partial charge is 0.326 e. The topological polar surface area (TPSA) is 258 Å². The predicted molar refractivity (Wildman–Crippen MR) is 142 cm³/mol. The molecule has 0 aliphatic rings. The van der Waals surface area contributed by atoms with E-state index in [0.717, 1.165) is 0 Å². The fourth-order valence-corrected chi connectivity index (χ4v) is 3.67. The zero-order valence-electron chi connectivity index (χ0n) is 21.7. The number of nitrogens with one attached hydrogen (secondary N) is 3. The minimum Gasteiger partial charge on any atom is -0.480 e. The lowest BCUT2D eigenvalue weighted by molar-refractivity contribution is -0.142. The molecule has 0 heterocycles. The Hall–Kier alpha value is -3.07. The quantitative estimate of drug-likeness (QED) is 0.0500. The van der Waals surface area contributed by atoms with Crippen LogP contribution in [0.1, 0.15) is 52.4 Å². The maximum absolute atomic E-state index is 13.2. The lowest BCUT2D eigenvalue weighted by Crippen LogP contribution is -2.58. The first-order chi connectivity index (χ1) is 17.3. The van der Waals surface area contributed by atoms with E-state index >= 15 is 0 Å². The summed E-state index contributed by atoms with van der Waals surface area (Å²) in [6, 6.07) is -4.37. The van der Waals surface area contributed by atoms with Gasteiger partial charge < -0.3 is 44.0 Å². The third-order valence-electron chi connectivity index (χ3n) is 5.64. The standard InChI is InChI=1S/C22H42N8O6S/c1-4-12(2)17(30-18(32)13(23)6-5-10-27-22(25)26)20(34)28-14(7-8-16(24)31)19(33)29-15(21(35)36)9-11-37-3/h12-15,17H,4-11,23H2,1-3H3,(H2,24,31)(H,28,34)(H,29,33)(H,30,32)(H,35,36)(H4,25,26,27). The van der Waals surface area contributed by atoms with Crippen molar-refractivity contribution in [1.29, 1.82) is 0 Å².